The maximum absolute atomic E-state index is 13.5. The van der Waals surface area contributed by atoms with Gasteiger partial charge in [0.25, 0.3) is 0 Å². The van der Waals surface area contributed by atoms with Crippen molar-refractivity contribution in [3.05, 3.63) is 77.0 Å². The molecular weight excluding hydrogens is 374 g/mol. The first-order valence-electron chi connectivity index (χ1n) is 10.4. The minimum absolute atomic E-state index is 0.0449. The summed E-state index contributed by atoms with van der Waals surface area (Å²) in [4.78, 5) is 13.5. The van der Waals surface area contributed by atoms with E-state index in [0.29, 0.717) is 6.42 Å². The number of benzene rings is 3. The predicted octanol–water partition coefficient (Wildman–Crippen LogP) is 5.77. The average molecular weight is 397 g/mol. The Morgan fingerprint density at radius 1 is 0.967 bits per heavy atom. The lowest BCUT2D eigenvalue weighted by Gasteiger charge is -2.40. The molecule has 3 aromatic rings. The van der Waals surface area contributed by atoms with Crippen molar-refractivity contribution in [2.75, 3.05) is 12.1 Å². The van der Waals surface area contributed by atoms with Crippen molar-refractivity contribution >= 4 is 22.2 Å². The van der Waals surface area contributed by atoms with Crippen LogP contribution in [0.1, 0.15) is 43.7 Å². The summed E-state index contributed by atoms with van der Waals surface area (Å²) >= 11 is 0. The fraction of sp³-hybridized carbons (Fsp3) is 0.269. The highest BCUT2D eigenvalue weighted by molar-refractivity contribution is 6.04. The van der Waals surface area contributed by atoms with Gasteiger partial charge < -0.3 is 14.8 Å². The molecule has 0 unspecified atom stereocenters. The van der Waals surface area contributed by atoms with E-state index in [9.17, 15) is 4.79 Å². The Balaban J connectivity index is 1.64. The first-order valence-corrected chi connectivity index (χ1v) is 10.4. The summed E-state index contributed by atoms with van der Waals surface area (Å²) in [6.07, 6.45) is 1.43. The molecule has 4 heteroatoms. The van der Waals surface area contributed by atoms with Gasteiger partial charge in [-0.15, -0.1) is 0 Å². The van der Waals surface area contributed by atoms with Gasteiger partial charge >= 0.3 is 0 Å². The summed E-state index contributed by atoms with van der Waals surface area (Å²) < 4.78 is 11.2. The highest BCUT2D eigenvalue weighted by Gasteiger charge is 2.41. The molecule has 0 fully saturated rings. The molecule has 0 amide bonds. The molecule has 30 heavy (non-hydrogen) atoms. The lowest BCUT2D eigenvalue weighted by atomic mass is 9.68. The second kappa shape index (κ2) is 6.11. The summed E-state index contributed by atoms with van der Waals surface area (Å²) in [5.74, 6) is 1.62. The van der Waals surface area contributed by atoms with E-state index in [-0.39, 0.29) is 23.9 Å². The second-order valence-corrected chi connectivity index (χ2v) is 9.25. The highest BCUT2D eigenvalue weighted by atomic mass is 16.7. The van der Waals surface area contributed by atoms with Crippen molar-refractivity contribution < 1.29 is 14.3 Å². The van der Waals surface area contributed by atoms with Gasteiger partial charge in [-0.2, -0.15) is 0 Å². The number of nitrogens with one attached hydrogen (secondary N) is 1. The third-order valence-corrected chi connectivity index (χ3v) is 6.48. The van der Waals surface area contributed by atoms with Gasteiger partial charge in [0.1, 0.15) is 0 Å². The topological polar surface area (TPSA) is 47.6 Å². The normalized spacial score (nSPS) is 21.3. The van der Waals surface area contributed by atoms with E-state index in [2.05, 4.69) is 61.6 Å². The first kappa shape index (κ1) is 17.6. The number of anilines is 1. The van der Waals surface area contributed by atoms with Gasteiger partial charge in [-0.05, 0) is 51.9 Å². The predicted molar refractivity (Wildman–Crippen MR) is 117 cm³/mol. The van der Waals surface area contributed by atoms with Gasteiger partial charge in [0.05, 0.1) is 0 Å². The van der Waals surface area contributed by atoms with Gasteiger partial charge in [0.2, 0.25) is 6.79 Å². The van der Waals surface area contributed by atoms with E-state index in [0.717, 1.165) is 40.4 Å². The van der Waals surface area contributed by atoms with Crippen LogP contribution in [0.15, 0.2) is 65.9 Å². The monoisotopic (exact) mass is 397 g/mol. The van der Waals surface area contributed by atoms with Gasteiger partial charge in [-0.3, -0.25) is 4.79 Å². The van der Waals surface area contributed by atoms with Crippen LogP contribution in [0, 0.1) is 5.41 Å². The lowest BCUT2D eigenvalue weighted by Crippen LogP contribution is -2.33. The van der Waals surface area contributed by atoms with Crippen LogP contribution in [0.3, 0.4) is 0 Å². The SMILES string of the molecule is CC1(C)CC(=O)C2=C(C1)Nc1ccc3ccccc3c1[C@H]2c1ccc2c(c1)OCO2. The molecule has 2 aliphatic heterocycles. The molecule has 0 radical (unpaired) electrons. The molecule has 150 valence electrons. The van der Waals surface area contributed by atoms with Crippen LogP contribution in [0.2, 0.25) is 0 Å². The number of carbonyl (C=O) groups excluding carboxylic acids is 1. The summed E-state index contributed by atoms with van der Waals surface area (Å²) in [7, 11) is 0. The minimum atomic E-state index is -0.125. The molecule has 1 aliphatic carbocycles. The van der Waals surface area contributed by atoms with Crippen molar-refractivity contribution in [3.8, 4) is 11.5 Å². The molecule has 0 saturated heterocycles. The number of hydrogen-bond donors (Lipinski definition) is 1. The van der Waals surface area contributed by atoms with Crippen LogP contribution in [0.25, 0.3) is 10.8 Å². The Morgan fingerprint density at radius 3 is 2.70 bits per heavy atom. The molecule has 0 spiro atoms. The summed E-state index contributed by atoms with van der Waals surface area (Å²) in [5.41, 5.74) is 5.23. The summed E-state index contributed by atoms with van der Waals surface area (Å²) in [6.45, 7) is 4.58. The van der Waals surface area contributed by atoms with E-state index in [1.54, 1.807) is 0 Å². The molecule has 0 bridgehead atoms. The Kier molecular flexibility index (Phi) is 3.58. The standard InChI is InChI=1S/C26H23NO3/c1-26(2)12-19-25(20(28)13-26)23(16-8-10-21-22(11-16)30-14-29-21)24-17-6-4-3-5-15(17)7-9-18(24)27-19/h3-11,23,27H,12-14H2,1-2H3/t23-/m1/s1. The Bertz CT molecular complexity index is 1250. The van der Waals surface area contributed by atoms with Crippen molar-refractivity contribution in [2.45, 2.75) is 32.6 Å². The van der Waals surface area contributed by atoms with Gasteiger partial charge in [-0.1, -0.05) is 50.2 Å². The number of hydrogen-bond acceptors (Lipinski definition) is 4. The van der Waals surface area contributed by atoms with Crippen molar-refractivity contribution in [2.24, 2.45) is 5.41 Å². The fourth-order valence-electron chi connectivity index (χ4n) is 5.23. The van der Waals surface area contributed by atoms with Crippen molar-refractivity contribution in [1.82, 2.24) is 0 Å². The maximum Gasteiger partial charge on any atom is 0.231 e. The molecule has 1 atom stereocenters. The number of rotatable bonds is 1. The molecule has 3 aromatic carbocycles. The molecule has 3 aliphatic rings. The van der Waals surface area contributed by atoms with E-state index >= 15 is 0 Å². The molecule has 4 nitrogen and oxygen atoms in total. The summed E-state index contributed by atoms with van der Waals surface area (Å²) in [5, 5.41) is 5.98. The first-order chi connectivity index (χ1) is 14.5. The number of Topliss-reactive ketones (excluding diaryl/α,β-unsaturated/α-hetero) is 1. The van der Waals surface area contributed by atoms with E-state index in [1.807, 2.05) is 12.1 Å². The number of ether oxygens (including phenoxy) is 2. The van der Waals surface area contributed by atoms with E-state index in [1.165, 1.54) is 16.3 Å². The van der Waals surface area contributed by atoms with Crippen LogP contribution >= 0.6 is 0 Å². The zero-order chi connectivity index (χ0) is 20.5. The fourth-order valence-corrected chi connectivity index (χ4v) is 5.23. The highest BCUT2D eigenvalue weighted by Crippen LogP contribution is 2.51. The molecular formula is C26H23NO3. The van der Waals surface area contributed by atoms with Gasteiger partial charge in [0, 0.05) is 29.3 Å². The van der Waals surface area contributed by atoms with Crippen LogP contribution in [0.5, 0.6) is 11.5 Å². The second-order valence-electron chi connectivity index (χ2n) is 9.25. The summed E-state index contributed by atoms with van der Waals surface area (Å²) in [6, 6.07) is 18.8. The van der Waals surface area contributed by atoms with Crippen LogP contribution in [0.4, 0.5) is 5.69 Å². The number of allylic oxidation sites excluding steroid dienone is 2. The van der Waals surface area contributed by atoms with Crippen molar-refractivity contribution in [1.29, 1.82) is 0 Å². The molecule has 6 rings (SSSR count). The number of ketones is 1. The zero-order valence-corrected chi connectivity index (χ0v) is 17.1. The third kappa shape index (κ3) is 2.56. The van der Waals surface area contributed by atoms with E-state index in [4.69, 9.17) is 9.47 Å². The maximum atomic E-state index is 13.5. The lowest BCUT2D eigenvalue weighted by molar-refractivity contribution is -0.118. The van der Waals surface area contributed by atoms with Crippen LogP contribution in [-0.4, -0.2) is 12.6 Å². The Hall–Kier alpha value is -3.27. The molecule has 0 saturated carbocycles. The molecule has 0 aromatic heterocycles. The molecule has 1 N–H and O–H groups in total. The smallest absolute Gasteiger partial charge is 0.231 e. The molecule has 2 heterocycles. The quantitative estimate of drug-likeness (QED) is 0.566. The van der Waals surface area contributed by atoms with Gasteiger partial charge in [-0.25, -0.2) is 0 Å². The minimum Gasteiger partial charge on any atom is -0.454 e. The number of carbonyl (C=O) groups is 1. The average Bonchev–Trinajstić information content (AvgIpc) is 3.19. The third-order valence-electron chi connectivity index (χ3n) is 6.48. The van der Waals surface area contributed by atoms with Crippen LogP contribution < -0.4 is 14.8 Å². The largest absolute Gasteiger partial charge is 0.454 e. The zero-order valence-electron chi connectivity index (χ0n) is 17.1. The van der Waals surface area contributed by atoms with Crippen molar-refractivity contribution in [3.63, 3.8) is 0 Å². The van der Waals surface area contributed by atoms with Crippen LogP contribution in [-0.2, 0) is 4.79 Å². The van der Waals surface area contributed by atoms with E-state index < -0.39 is 0 Å². The van der Waals surface area contributed by atoms with Gasteiger partial charge in [0.15, 0.2) is 17.3 Å². The number of fused-ring (bicyclic) bond motifs is 4. The Morgan fingerprint density at radius 2 is 1.80 bits per heavy atom. The Labute approximate surface area is 175 Å².